The van der Waals surface area contributed by atoms with Gasteiger partial charge in [0.25, 0.3) is 5.91 Å². The summed E-state index contributed by atoms with van der Waals surface area (Å²) in [5, 5.41) is 9.11. The Balaban J connectivity index is 1.64. The third kappa shape index (κ3) is 7.40. The highest BCUT2D eigenvalue weighted by molar-refractivity contribution is 5.92. The van der Waals surface area contributed by atoms with Crippen molar-refractivity contribution >= 4 is 12.0 Å². The number of carbonyl (C=O) groups excluding carboxylic acids is 1. The van der Waals surface area contributed by atoms with Gasteiger partial charge in [0, 0.05) is 57.7 Å². The van der Waals surface area contributed by atoms with E-state index in [1.165, 1.54) is 4.90 Å². The average Bonchev–Trinajstić information content (AvgIpc) is 2.86. The molecule has 0 unspecified atom stereocenters. The van der Waals surface area contributed by atoms with Gasteiger partial charge in [-0.3, -0.25) is 9.78 Å². The molecule has 0 saturated carbocycles. The van der Waals surface area contributed by atoms with Crippen molar-refractivity contribution in [2.24, 2.45) is 5.92 Å². The van der Waals surface area contributed by atoms with Gasteiger partial charge >= 0.3 is 6.09 Å². The molecule has 1 aromatic carbocycles. The third-order valence-corrected chi connectivity index (χ3v) is 6.27. The molecule has 190 valence electrons. The van der Waals surface area contributed by atoms with Crippen LogP contribution in [0.25, 0.3) is 11.1 Å². The maximum absolute atomic E-state index is 12.6. The number of piperidine rings is 1. The molecule has 9 nitrogen and oxygen atoms in total. The summed E-state index contributed by atoms with van der Waals surface area (Å²) < 4.78 is 11.5. The fraction of sp³-hybridized carbons (Fsp3) is 0.500. The predicted octanol–water partition coefficient (Wildman–Crippen LogP) is 3.30. The standard InChI is InChI=1S/C26H36N4O5/c1-28(2)13-14-29(3)25(31)23-7-5-21(16-27-23)20-6-8-24(22(15-20)18-34-4)35-17-19-9-11-30(12-10-19)26(32)33/h5-8,15-16,19H,9-14,17-18H2,1-4H3,(H,32,33). The number of pyridine rings is 1. The fourth-order valence-corrected chi connectivity index (χ4v) is 4.00. The van der Waals surface area contributed by atoms with Crippen LogP contribution in [0, 0.1) is 5.92 Å². The molecule has 3 rings (SSSR count). The van der Waals surface area contributed by atoms with Gasteiger partial charge in [-0.25, -0.2) is 4.79 Å². The van der Waals surface area contributed by atoms with Crippen molar-refractivity contribution in [2.75, 3.05) is 61.0 Å². The van der Waals surface area contributed by atoms with Crippen molar-refractivity contribution in [1.29, 1.82) is 0 Å². The first kappa shape index (κ1) is 26.4. The van der Waals surface area contributed by atoms with Crippen LogP contribution in [0.15, 0.2) is 36.5 Å². The molecule has 0 aliphatic carbocycles. The quantitative estimate of drug-likeness (QED) is 0.553. The SMILES string of the molecule is COCc1cc(-c2ccc(C(=O)N(C)CCN(C)C)nc2)ccc1OCC1CCN(C(=O)O)CC1. The molecule has 2 heterocycles. The molecule has 1 N–H and O–H groups in total. The number of rotatable bonds is 10. The molecule has 1 aromatic heterocycles. The van der Waals surface area contributed by atoms with Crippen molar-refractivity contribution in [3.8, 4) is 16.9 Å². The first-order valence-corrected chi connectivity index (χ1v) is 11.9. The molecule has 0 spiro atoms. The van der Waals surface area contributed by atoms with Crippen molar-refractivity contribution in [1.82, 2.24) is 19.7 Å². The van der Waals surface area contributed by atoms with Crippen LogP contribution in [0.3, 0.4) is 0 Å². The van der Waals surface area contributed by atoms with Gasteiger partial charge in [-0.2, -0.15) is 0 Å². The molecular formula is C26H36N4O5. The lowest BCUT2D eigenvalue weighted by Gasteiger charge is -2.30. The predicted molar refractivity (Wildman–Crippen MR) is 134 cm³/mol. The minimum Gasteiger partial charge on any atom is -0.493 e. The Bertz CT molecular complexity index is 988. The molecular weight excluding hydrogens is 448 g/mol. The molecule has 1 saturated heterocycles. The molecule has 1 aliphatic heterocycles. The molecule has 35 heavy (non-hydrogen) atoms. The highest BCUT2D eigenvalue weighted by atomic mass is 16.5. The van der Waals surface area contributed by atoms with Crippen LogP contribution >= 0.6 is 0 Å². The number of benzene rings is 1. The van der Waals surface area contributed by atoms with E-state index in [0.29, 0.717) is 44.5 Å². The van der Waals surface area contributed by atoms with E-state index in [2.05, 4.69) is 4.98 Å². The molecule has 0 radical (unpaired) electrons. The van der Waals surface area contributed by atoms with Gasteiger partial charge in [0.1, 0.15) is 11.4 Å². The molecule has 0 atom stereocenters. The highest BCUT2D eigenvalue weighted by Crippen LogP contribution is 2.28. The summed E-state index contributed by atoms with van der Waals surface area (Å²) in [7, 11) is 7.38. The summed E-state index contributed by atoms with van der Waals surface area (Å²) in [6.45, 7) is 3.47. The molecule has 9 heteroatoms. The van der Waals surface area contributed by atoms with Crippen LogP contribution in [0.4, 0.5) is 4.79 Å². The Kier molecular flexibility index (Phi) is 9.45. The number of aromatic nitrogens is 1. The van der Waals surface area contributed by atoms with Gasteiger partial charge in [-0.1, -0.05) is 12.1 Å². The largest absolute Gasteiger partial charge is 0.493 e. The second-order valence-electron chi connectivity index (χ2n) is 9.24. The zero-order chi connectivity index (χ0) is 25.4. The zero-order valence-corrected chi connectivity index (χ0v) is 21.1. The zero-order valence-electron chi connectivity index (χ0n) is 21.1. The van der Waals surface area contributed by atoms with Crippen LogP contribution in [0.2, 0.25) is 0 Å². The number of amides is 2. The van der Waals surface area contributed by atoms with Crippen molar-refractivity contribution < 1.29 is 24.2 Å². The summed E-state index contributed by atoms with van der Waals surface area (Å²) in [6, 6.07) is 9.59. The van der Waals surface area contributed by atoms with Gasteiger partial charge in [-0.15, -0.1) is 0 Å². The first-order valence-electron chi connectivity index (χ1n) is 11.9. The molecule has 0 bridgehead atoms. The highest BCUT2D eigenvalue weighted by Gasteiger charge is 2.23. The maximum Gasteiger partial charge on any atom is 0.407 e. The number of methoxy groups -OCH3 is 1. The summed E-state index contributed by atoms with van der Waals surface area (Å²) in [4.78, 5) is 33.3. The van der Waals surface area contributed by atoms with E-state index in [-0.39, 0.29) is 5.91 Å². The van der Waals surface area contributed by atoms with E-state index in [0.717, 1.165) is 41.8 Å². The Morgan fingerprint density at radius 1 is 1.09 bits per heavy atom. The van der Waals surface area contributed by atoms with Crippen molar-refractivity contribution in [3.63, 3.8) is 0 Å². The Morgan fingerprint density at radius 3 is 2.40 bits per heavy atom. The Labute approximate surface area is 207 Å². The minimum atomic E-state index is -0.856. The van der Waals surface area contributed by atoms with Gasteiger partial charge in [-0.05, 0) is 56.6 Å². The number of nitrogens with zero attached hydrogens (tertiary/aromatic N) is 4. The number of likely N-dealkylation sites (N-methyl/N-ethyl adjacent to an activating group) is 2. The molecule has 1 aliphatic rings. The summed E-state index contributed by atoms with van der Waals surface area (Å²) in [5.74, 6) is 0.987. The van der Waals surface area contributed by atoms with E-state index in [4.69, 9.17) is 14.6 Å². The number of likely N-dealkylation sites (tertiary alicyclic amines) is 1. The number of carbonyl (C=O) groups is 2. The van der Waals surface area contributed by atoms with E-state index >= 15 is 0 Å². The topological polar surface area (TPSA) is 95.4 Å². The fourth-order valence-electron chi connectivity index (χ4n) is 4.00. The van der Waals surface area contributed by atoms with Gasteiger partial charge < -0.3 is 29.3 Å². The van der Waals surface area contributed by atoms with E-state index in [1.807, 2.05) is 43.3 Å². The Morgan fingerprint density at radius 2 is 1.80 bits per heavy atom. The second-order valence-corrected chi connectivity index (χ2v) is 9.24. The second kappa shape index (κ2) is 12.5. The maximum atomic E-state index is 12.6. The Hall–Kier alpha value is -3.17. The van der Waals surface area contributed by atoms with Gasteiger partial charge in [0.2, 0.25) is 0 Å². The van der Waals surface area contributed by atoms with Crippen molar-refractivity contribution in [2.45, 2.75) is 19.4 Å². The first-order chi connectivity index (χ1) is 16.8. The molecule has 2 aromatic rings. The number of carboxylic acid groups (broad SMARTS) is 1. The third-order valence-electron chi connectivity index (χ3n) is 6.27. The lowest BCUT2D eigenvalue weighted by atomic mass is 9.98. The number of hydrogen-bond donors (Lipinski definition) is 1. The van der Waals surface area contributed by atoms with E-state index in [1.54, 1.807) is 31.3 Å². The van der Waals surface area contributed by atoms with Crippen LogP contribution in [0.5, 0.6) is 5.75 Å². The monoisotopic (exact) mass is 484 g/mol. The van der Waals surface area contributed by atoms with E-state index in [9.17, 15) is 9.59 Å². The van der Waals surface area contributed by atoms with Gasteiger partial charge in [0.15, 0.2) is 0 Å². The summed E-state index contributed by atoms with van der Waals surface area (Å²) in [5.41, 5.74) is 3.21. The van der Waals surface area contributed by atoms with E-state index < -0.39 is 6.09 Å². The minimum absolute atomic E-state index is 0.101. The van der Waals surface area contributed by atoms with Gasteiger partial charge in [0.05, 0.1) is 13.2 Å². The molecule has 1 fully saturated rings. The number of ether oxygens (including phenoxy) is 2. The van der Waals surface area contributed by atoms with Crippen LogP contribution < -0.4 is 4.74 Å². The van der Waals surface area contributed by atoms with Crippen LogP contribution in [0.1, 0.15) is 28.9 Å². The van der Waals surface area contributed by atoms with Crippen molar-refractivity contribution in [3.05, 3.63) is 47.8 Å². The average molecular weight is 485 g/mol. The van der Waals surface area contributed by atoms with Crippen LogP contribution in [-0.4, -0.2) is 97.8 Å². The molecule has 2 amide bonds. The summed E-state index contributed by atoms with van der Waals surface area (Å²) in [6.07, 6.45) is 2.46. The summed E-state index contributed by atoms with van der Waals surface area (Å²) >= 11 is 0. The lowest BCUT2D eigenvalue weighted by Crippen LogP contribution is -2.38. The lowest BCUT2D eigenvalue weighted by molar-refractivity contribution is 0.0780. The normalized spacial score (nSPS) is 14.3. The number of hydrogen-bond acceptors (Lipinski definition) is 6. The van der Waals surface area contributed by atoms with Crippen LogP contribution in [-0.2, 0) is 11.3 Å². The smallest absolute Gasteiger partial charge is 0.407 e.